The summed E-state index contributed by atoms with van der Waals surface area (Å²) in [7, 11) is 1.22. The second kappa shape index (κ2) is 3.80. The molecule has 0 aromatic carbocycles. The molecule has 0 aromatic heterocycles. The predicted molar refractivity (Wildman–Crippen MR) is 40.2 cm³/mol. The Bertz CT molecular complexity index is 190. The Labute approximate surface area is 69.6 Å². The molecule has 1 aliphatic rings. The van der Waals surface area contributed by atoms with Crippen molar-refractivity contribution in [3.05, 3.63) is 0 Å². The zero-order chi connectivity index (χ0) is 8.97. The molecule has 0 radical (unpaired) electrons. The van der Waals surface area contributed by atoms with Crippen LogP contribution in [0.25, 0.3) is 0 Å². The van der Waals surface area contributed by atoms with Gasteiger partial charge in [-0.3, -0.25) is 0 Å². The minimum absolute atomic E-state index is 0.268. The lowest BCUT2D eigenvalue weighted by Gasteiger charge is -2.06. The van der Waals surface area contributed by atoms with Crippen LogP contribution in [0.1, 0.15) is 12.8 Å². The molecule has 12 heavy (non-hydrogen) atoms. The Balaban J connectivity index is 2.04. The normalized spacial score (nSPS) is 14.8. The number of rotatable bonds is 1. The molecule has 0 spiro atoms. The van der Waals surface area contributed by atoms with Crippen LogP contribution in [0.3, 0.4) is 0 Å². The molecule has 6 nitrogen and oxygen atoms in total. The monoisotopic (exact) mass is 173 g/mol. The first kappa shape index (κ1) is 8.63. The number of ether oxygens (including phenoxy) is 1. The molecule has 1 aliphatic carbocycles. The first-order valence-electron chi connectivity index (χ1n) is 3.63. The van der Waals surface area contributed by atoms with Gasteiger partial charge >= 0.3 is 12.1 Å². The van der Waals surface area contributed by atoms with E-state index in [9.17, 15) is 9.59 Å². The Morgan fingerprint density at radius 1 is 1.33 bits per heavy atom. The number of carbonyl (C=O) groups excluding carboxylic acids is 2. The van der Waals surface area contributed by atoms with Gasteiger partial charge in [-0.25, -0.2) is 20.4 Å². The highest BCUT2D eigenvalue weighted by molar-refractivity contribution is 5.77. The van der Waals surface area contributed by atoms with Crippen molar-refractivity contribution in [3.63, 3.8) is 0 Å². The van der Waals surface area contributed by atoms with E-state index in [-0.39, 0.29) is 6.04 Å². The Hall–Kier alpha value is -1.46. The summed E-state index contributed by atoms with van der Waals surface area (Å²) in [5.74, 6) is 0. The number of nitrogens with one attached hydrogen (secondary N) is 3. The van der Waals surface area contributed by atoms with Crippen LogP contribution in [0.2, 0.25) is 0 Å². The van der Waals surface area contributed by atoms with Crippen LogP contribution in [0.5, 0.6) is 0 Å². The van der Waals surface area contributed by atoms with E-state index in [1.165, 1.54) is 7.11 Å². The molecular weight excluding hydrogens is 162 g/mol. The van der Waals surface area contributed by atoms with E-state index in [0.29, 0.717) is 0 Å². The maximum absolute atomic E-state index is 10.8. The molecule has 0 atom stereocenters. The van der Waals surface area contributed by atoms with Crippen LogP contribution in [0.4, 0.5) is 9.59 Å². The van der Waals surface area contributed by atoms with Gasteiger partial charge in [-0.15, -0.1) is 0 Å². The lowest BCUT2D eigenvalue weighted by Crippen LogP contribution is -2.47. The second-order valence-corrected chi connectivity index (χ2v) is 2.49. The summed E-state index contributed by atoms with van der Waals surface area (Å²) in [5, 5.41) is 2.61. The van der Waals surface area contributed by atoms with Crippen LogP contribution in [0, 0.1) is 0 Å². The molecule has 1 fully saturated rings. The van der Waals surface area contributed by atoms with Gasteiger partial charge in [0, 0.05) is 6.04 Å². The van der Waals surface area contributed by atoms with Crippen molar-refractivity contribution < 1.29 is 14.3 Å². The summed E-state index contributed by atoms with van der Waals surface area (Å²) in [6.07, 6.45) is 1.32. The maximum Gasteiger partial charge on any atom is 0.425 e. The van der Waals surface area contributed by atoms with Crippen LogP contribution in [0.15, 0.2) is 0 Å². The summed E-state index contributed by atoms with van der Waals surface area (Å²) >= 11 is 0. The van der Waals surface area contributed by atoms with E-state index < -0.39 is 12.1 Å². The molecule has 1 saturated carbocycles. The van der Waals surface area contributed by atoms with Crippen molar-refractivity contribution in [3.8, 4) is 0 Å². The van der Waals surface area contributed by atoms with Crippen molar-refractivity contribution in [2.24, 2.45) is 0 Å². The molecule has 0 aromatic rings. The molecular formula is C6H11N3O3. The lowest BCUT2D eigenvalue weighted by atomic mass is 10.7. The average Bonchev–Trinajstić information content (AvgIpc) is 2.84. The summed E-state index contributed by atoms with van der Waals surface area (Å²) in [6.45, 7) is 0. The highest BCUT2D eigenvalue weighted by Crippen LogP contribution is 2.17. The van der Waals surface area contributed by atoms with Crippen molar-refractivity contribution >= 4 is 12.1 Å². The van der Waals surface area contributed by atoms with Crippen molar-refractivity contribution in [2.75, 3.05) is 7.11 Å². The topological polar surface area (TPSA) is 79.5 Å². The van der Waals surface area contributed by atoms with Gasteiger partial charge in [0.2, 0.25) is 0 Å². The fraction of sp³-hybridized carbons (Fsp3) is 0.667. The smallest absolute Gasteiger partial charge is 0.425 e. The van der Waals surface area contributed by atoms with Crippen molar-refractivity contribution in [1.82, 2.24) is 16.2 Å². The van der Waals surface area contributed by atoms with E-state index in [2.05, 4.69) is 15.5 Å². The molecule has 0 bridgehead atoms. The summed E-state index contributed by atoms with van der Waals surface area (Å²) in [6, 6.07) is -0.146. The highest BCUT2D eigenvalue weighted by atomic mass is 16.5. The summed E-state index contributed by atoms with van der Waals surface area (Å²) < 4.78 is 4.23. The van der Waals surface area contributed by atoms with E-state index in [0.717, 1.165) is 12.8 Å². The zero-order valence-corrected chi connectivity index (χ0v) is 6.72. The van der Waals surface area contributed by atoms with Gasteiger partial charge in [-0.1, -0.05) is 0 Å². The molecule has 1 rings (SSSR count). The summed E-state index contributed by atoms with van der Waals surface area (Å²) in [4.78, 5) is 21.3. The molecule has 6 heteroatoms. The number of methoxy groups -OCH3 is 1. The molecule has 3 amide bonds. The van der Waals surface area contributed by atoms with Gasteiger partial charge in [-0.05, 0) is 12.8 Å². The Kier molecular flexibility index (Phi) is 2.73. The SMILES string of the molecule is COC(=O)NNC(=O)NC1CC1. The largest absolute Gasteiger partial charge is 0.452 e. The third kappa shape index (κ3) is 3.09. The minimum Gasteiger partial charge on any atom is -0.452 e. The van der Waals surface area contributed by atoms with E-state index in [1.54, 1.807) is 0 Å². The summed E-state index contributed by atoms with van der Waals surface area (Å²) in [5.41, 5.74) is 4.17. The number of urea groups is 1. The number of hydrogen-bond donors (Lipinski definition) is 3. The highest BCUT2D eigenvalue weighted by Gasteiger charge is 2.23. The first-order valence-corrected chi connectivity index (χ1v) is 3.63. The molecule has 0 heterocycles. The zero-order valence-electron chi connectivity index (χ0n) is 6.72. The fourth-order valence-electron chi connectivity index (χ4n) is 0.608. The van der Waals surface area contributed by atoms with Crippen molar-refractivity contribution in [2.45, 2.75) is 18.9 Å². The third-order valence-corrected chi connectivity index (χ3v) is 1.38. The van der Waals surface area contributed by atoms with Gasteiger partial charge in [0.1, 0.15) is 0 Å². The fourth-order valence-corrected chi connectivity index (χ4v) is 0.608. The Morgan fingerprint density at radius 2 is 2.00 bits per heavy atom. The van der Waals surface area contributed by atoms with Crippen LogP contribution < -0.4 is 16.2 Å². The van der Waals surface area contributed by atoms with Gasteiger partial charge in [0.25, 0.3) is 0 Å². The molecule has 68 valence electrons. The van der Waals surface area contributed by atoms with E-state index in [4.69, 9.17) is 0 Å². The molecule has 3 N–H and O–H groups in total. The van der Waals surface area contributed by atoms with Crippen LogP contribution in [-0.2, 0) is 4.74 Å². The average molecular weight is 173 g/mol. The standard InChI is InChI=1S/C6H11N3O3/c1-12-6(11)9-8-5(10)7-4-2-3-4/h4H,2-3H2,1H3,(H,9,11)(H2,7,8,10). The van der Waals surface area contributed by atoms with Gasteiger partial charge in [0.05, 0.1) is 7.11 Å². The number of amides is 3. The van der Waals surface area contributed by atoms with E-state index >= 15 is 0 Å². The maximum atomic E-state index is 10.8. The van der Waals surface area contributed by atoms with Crippen LogP contribution >= 0.6 is 0 Å². The first-order chi connectivity index (χ1) is 5.72. The molecule has 0 unspecified atom stereocenters. The molecule has 0 saturated heterocycles. The van der Waals surface area contributed by atoms with Gasteiger partial charge in [0.15, 0.2) is 0 Å². The van der Waals surface area contributed by atoms with Gasteiger partial charge < -0.3 is 10.1 Å². The lowest BCUT2D eigenvalue weighted by molar-refractivity contribution is 0.165. The Morgan fingerprint density at radius 3 is 2.50 bits per heavy atom. The third-order valence-electron chi connectivity index (χ3n) is 1.38. The second-order valence-electron chi connectivity index (χ2n) is 2.49. The van der Waals surface area contributed by atoms with Crippen LogP contribution in [-0.4, -0.2) is 25.3 Å². The van der Waals surface area contributed by atoms with Crippen molar-refractivity contribution in [1.29, 1.82) is 0 Å². The predicted octanol–water partition coefficient (Wildman–Crippen LogP) is -0.281. The van der Waals surface area contributed by atoms with Gasteiger partial charge in [-0.2, -0.15) is 0 Å². The van der Waals surface area contributed by atoms with E-state index in [1.807, 2.05) is 5.43 Å². The minimum atomic E-state index is -0.694. The quantitative estimate of drug-likeness (QED) is 0.477. The number of hydrogen-bond acceptors (Lipinski definition) is 3. The number of carbonyl (C=O) groups is 2. The number of hydrazine groups is 1. The molecule has 0 aliphatic heterocycles.